The van der Waals surface area contributed by atoms with Crippen molar-refractivity contribution in [2.75, 3.05) is 13.7 Å². The highest BCUT2D eigenvalue weighted by Gasteiger charge is 2.46. The van der Waals surface area contributed by atoms with Gasteiger partial charge in [-0.15, -0.1) is 0 Å². The molecule has 38 heavy (non-hydrogen) atoms. The molecule has 0 aliphatic carbocycles. The first kappa shape index (κ1) is 26.9. The smallest absolute Gasteiger partial charge is 0.295 e. The van der Waals surface area contributed by atoms with Crippen molar-refractivity contribution in [3.63, 3.8) is 0 Å². The Morgan fingerprint density at radius 2 is 1.76 bits per heavy atom. The summed E-state index contributed by atoms with van der Waals surface area (Å²) in [7, 11) is 1.56. The Morgan fingerprint density at radius 3 is 2.47 bits per heavy atom. The van der Waals surface area contributed by atoms with Crippen LogP contribution in [-0.4, -0.2) is 40.4 Å². The molecule has 0 spiro atoms. The largest absolute Gasteiger partial charge is 0.507 e. The number of methoxy groups -OCH3 is 1. The van der Waals surface area contributed by atoms with Gasteiger partial charge >= 0.3 is 0 Å². The van der Waals surface area contributed by atoms with Crippen molar-refractivity contribution < 1.29 is 24.2 Å². The number of carbonyl (C=O) groups excluding carboxylic acids is 2. The summed E-state index contributed by atoms with van der Waals surface area (Å²) in [4.78, 5) is 32.4. The number of rotatable bonds is 10. The van der Waals surface area contributed by atoms with Gasteiger partial charge < -0.3 is 19.5 Å². The number of benzene rings is 2. The molecule has 1 aliphatic heterocycles. The first-order valence-corrected chi connectivity index (χ1v) is 12.9. The maximum Gasteiger partial charge on any atom is 0.295 e. The Hall–Kier alpha value is -4.13. The summed E-state index contributed by atoms with van der Waals surface area (Å²) in [5, 5.41) is 11.5. The Kier molecular flexibility index (Phi) is 8.46. The molecule has 7 heteroatoms. The number of amides is 1. The molecule has 2 heterocycles. The molecule has 198 valence electrons. The number of hydrogen-bond acceptors (Lipinski definition) is 6. The van der Waals surface area contributed by atoms with Crippen LogP contribution < -0.4 is 9.47 Å². The molecule has 1 N–H and O–H groups in total. The van der Waals surface area contributed by atoms with E-state index in [0.717, 1.165) is 36.0 Å². The Balaban J connectivity index is 1.83. The van der Waals surface area contributed by atoms with Crippen molar-refractivity contribution >= 4 is 17.4 Å². The SMILES string of the molecule is CCCCCOc1ccc(C2/C(=C(\O)c3cc(C)ccc3C)C(=O)C(=O)N2Cc2ccncc2)cc1OC. The van der Waals surface area contributed by atoms with E-state index < -0.39 is 17.7 Å². The summed E-state index contributed by atoms with van der Waals surface area (Å²) >= 11 is 0. The number of aryl methyl sites for hydroxylation is 2. The predicted octanol–water partition coefficient (Wildman–Crippen LogP) is 5.90. The van der Waals surface area contributed by atoms with Crippen molar-refractivity contribution in [3.05, 3.63) is 94.3 Å². The van der Waals surface area contributed by atoms with Gasteiger partial charge in [0.15, 0.2) is 11.5 Å². The molecule has 7 nitrogen and oxygen atoms in total. The first-order chi connectivity index (χ1) is 18.3. The van der Waals surface area contributed by atoms with Crippen molar-refractivity contribution in [1.82, 2.24) is 9.88 Å². The second-order valence-electron chi connectivity index (χ2n) is 9.57. The van der Waals surface area contributed by atoms with E-state index in [1.165, 1.54) is 4.90 Å². The van der Waals surface area contributed by atoms with Gasteiger partial charge in [0.2, 0.25) is 0 Å². The van der Waals surface area contributed by atoms with E-state index >= 15 is 0 Å². The van der Waals surface area contributed by atoms with E-state index in [-0.39, 0.29) is 17.9 Å². The van der Waals surface area contributed by atoms with Gasteiger partial charge in [0.05, 0.1) is 25.3 Å². The van der Waals surface area contributed by atoms with Crippen LogP contribution in [0.2, 0.25) is 0 Å². The maximum absolute atomic E-state index is 13.4. The molecule has 2 aromatic carbocycles. The topological polar surface area (TPSA) is 89.0 Å². The van der Waals surface area contributed by atoms with Crippen LogP contribution in [-0.2, 0) is 16.1 Å². The number of hydrogen-bond donors (Lipinski definition) is 1. The maximum atomic E-state index is 13.4. The normalized spacial score (nSPS) is 16.6. The average molecular weight is 515 g/mol. The molecule has 1 aliphatic rings. The number of carbonyl (C=O) groups is 2. The Morgan fingerprint density at radius 1 is 1.00 bits per heavy atom. The molecule has 1 amide bonds. The quantitative estimate of drug-likeness (QED) is 0.157. The molecule has 0 saturated carbocycles. The van der Waals surface area contributed by atoms with Gasteiger partial charge in [-0.2, -0.15) is 0 Å². The number of likely N-dealkylation sites (tertiary alicyclic amines) is 1. The lowest BCUT2D eigenvalue weighted by molar-refractivity contribution is -0.140. The molecule has 4 rings (SSSR count). The number of pyridine rings is 1. The number of Topliss-reactive ketones (excluding diaryl/α,β-unsaturated/α-hetero) is 1. The van der Waals surface area contributed by atoms with E-state index in [9.17, 15) is 14.7 Å². The molecule has 1 aromatic heterocycles. The minimum atomic E-state index is -0.814. The zero-order valence-corrected chi connectivity index (χ0v) is 22.4. The van der Waals surface area contributed by atoms with Crippen LogP contribution >= 0.6 is 0 Å². The lowest BCUT2D eigenvalue weighted by Gasteiger charge is -2.26. The van der Waals surface area contributed by atoms with Crippen molar-refractivity contribution in [2.45, 2.75) is 52.6 Å². The van der Waals surface area contributed by atoms with Crippen molar-refractivity contribution in [1.29, 1.82) is 0 Å². The fraction of sp³-hybridized carbons (Fsp3) is 0.323. The molecular weight excluding hydrogens is 480 g/mol. The van der Waals surface area contributed by atoms with Gasteiger partial charge in [-0.25, -0.2) is 0 Å². The average Bonchev–Trinajstić information content (AvgIpc) is 3.17. The van der Waals surface area contributed by atoms with Crippen LogP contribution in [0.1, 0.15) is 60.0 Å². The third kappa shape index (κ3) is 5.57. The summed E-state index contributed by atoms with van der Waals surface area (Å²) in [5.41, 5.74) is 3.78. The van der Waals surface area contributed by atoms with E-state index in [1.807, 2.05) is 38.1 Å². The monoisotopic (exact) mass is 514 g/mol. The zero-order chi connectivity index (χ0) is 27.2. The van der Waals surface area contributed by atoms with E-state index in [4.69, 9.17) is 9.47 Å². The van der Waals surface area contributed by atoms with E-state index in [1.54, 1.807) is 43.8 Å². The summed E-state index contributed by atoms with van der Waals surface area (Å²) in [6.45, 7) is 6.66. The summed E-state index contributed by atoms with van der Waals surface area (Å²) in [6, 6.07) is 13.8. The van der Waals surface area contributed by atoms with E-state index in [2.05, 4.69) is 11.9 Å². The van der Waals surface area contributed by atoms with Gasteiger partial charge in [0.1, 0.15) is 5.76 Å². The predicted molar refractivity (Wildman–Crippen MR) is 146 cm³/mol. The van der Waals surface area contributed by atoms with Crippen LogP contribution in [0, 0.1) is 13.8 Å². The zero-order valence-electron chi connectivity index (χ0n) is 22.4. The number of aliphatic hydroxyl groups excluding tert-OH is 1. The third-order valence-corrected chi connectivity index (χ3v) is 6.80. The highest BCUT2D eigenvalue weighted by atomic mass is 16.5. The minimum Gasteiger partial charge on any atom is -0.507 e. The number of aromatic nitrogens is 1. The second kappa shape index (κ2) is 11.9. The van der Waals surface area contributed by atoms with Crippen LogP contribution in [0.5, 0.6) is 11.5 Å². The molecule has 3 aromatic rings. The number of aliphatic hydroxyl groups is 1. The van der Waals surface area contributed by atoms with Gasteiger partial charge in [-0.1, -0.05) is 43.5 Å². The molecule has 1 saturated heterocycles. The molecule has 0 bridgehead atoms. The Bertz CT molecular complexity index is 1350. The van der Waals surface area contributed by atoms with Gasteiger partial charge in [0, 0.05) is 24.5 Å². The lowest BCUT2D eigenvalue weighted by Crippen LogP contribution is -2.29. The minimum absolute atomic E-state index is 0.0522. The van der Waals surface area contributed by atoms with Gasteiger partial charge in [-0.05, 0) is 67.3 Å². The van der Waals surface area contributed by atoms with E-state index in [0.29, 0.717) is 29.2 Å². The molecule has 1 atom stereocenters. The molecule has 0 radical (unpaired) electrons. The van der Waals surface area contributed by atoms with Crippen LogP contribution in [0.15, 0.2) is 66.5 Å². The molecule has 1 unspecified atom stereocenters. The molecule has 1 fully saturated rings. The first-order valence-electron chi connectivity index (χ1n) is 12.9. The number of unbranched alkanes of at least 4 members (excludes halogenated alkanes) is 2. The second-order valence-corrected chi connectivity index (χ2v) is 9.57. The molecular formula is C31H34N2O5. The van der Waals surface area contributed by atoms with Crippen LogP contribution in [0.3, 0.4) is 0 Å². The number of ketones is 1. The third-order valence-electron chi connectivity index (χ3n) is 6.80. The fourth-order valence-electron chi connectivity index (χ4n) is 4.72. The van der Waals surface area contributed by atoms with Crippen molar-refractivity contribution in [2.24, 2.45) is 0 Å². The summed E-state index contributed by atoms with van der Waals surface area (Å²) < 4.78 is 11.6. The summed E-state index contributed by atoms with van der Waals surface area (Å²) in [6.07, 6.45) is 6.39. The standard InChI is InChI=1S/C31H34N2O5/c1-5-6-7-16-38-25-11-10-23(18-26(25)37-4)28-27(29(34)24-17-20(2)8-9-21(24)3)30(35)31(36)33(28)19-22-12-14-32-15-13-22/h8-15,17-18,28,34H,5-7,16,19H2,1-4H3/b29-27+. The number of ether oxygens (including phenoxy) is 2. The fourth-order valence-corrected chi connectivity index (χ4v) is 4.72. The lowest BCUT2D eigenvalue weighted by atomic mass is 9.93. The van der Waals surface area contributed by atoms with Crippen LogP contribution in [0.4, 0.5) is 0 Å². The highest BCUT2D eigenvalue weighted by molar-refractivity contribution is 6.46. The highest BCUT2D eigenvalue weighted by Crippen LogP contribution is 2.43. The van der Waals surface area contributed by atoms with Crippen LogP contribution in [0.25, 0.3) is 5.76 Å². The van der Waals surface area contributed by atoms with Gasteiger partial charge in [-0.3, -0.25) is 14.6 Å². The van der Waals surface area contributed by atoms with Crippen molar-refractivity contribution in [3.8, 4) is 11.5 Å². The summed E-state index contributed by atoms with van der Waals surface area (Å²) in [5.74, 6) is -0.488. The van der Waals surface area contributed by atoms with Gasteiger partial charge in [0.25, 0.3) is 11.7 Å². The number of nitrogens with zero attached hydrogens (tertiary/aromatic N) is 2. The Labute approximate surface area is 223 Å².